The van der Waals surface area contributed by atoms with Gasteiger partial charge in [0, 0.05) is 23.9 Å². The van der Waals surface area contributed by atoms with E-state index in [1.54, 1.807) is 12.1 Å². The number of aromatic amines is 1. The molecular weight excluding hydrogens is 438 g/mol. The van der Waals surface area contributed by atoms with E-state index in [1.807, 2.05) is 6.07 Å². The summed E-state index contributed by atoms with van der Waals surface area (Å²) in [5, 5.41) is 14.5. The van der Waals surface area contributed by atoms with E-state index in [0.717, 1.165) is 48.6 Å². The molecule has 0 amide bonds. The second kappa shape index (κ2) is 10.4. The van der Waals surface area contributed by atoms with Crippen LogP contribution in [0.15, 0.2) is 53.3 Å². The van der Waals surface area contributed by atoms with Crippen molar-refractivity contribution >= 4 is 10.9 Å². The molecule has 3 fully saturated rings. The molecule has 1 atom stereocenters. The number of aromatic nitrogens is 1. The van der Waals surface area contributed by atoms with Gasteiger partial charge in [0.2, 0.25) is 5.56 Å². The largest absolute Gasteiger partial charge is 0.506 e. The first-order chi connectivity index (χ1) is 17.0. The Labute approximate surface area is 207 Å². The van der Waals surface area contributed by atoms with E-state index < -0.39 is 0 Å². The number of fused-ring (bicyclic) bond motifs is 4. The lowest BCUT2D eigenvalue weighted by atomic mass is 9.85. The Morgan fingerprint density at radius 2 is 1.80 bits per heavy atom. The highest BCUT2D eigenvalue weighted by atomic mass is 16.5. The second-order valence-electron chi connectivity index (χ2n) is 10.5. The number of pyridine rings is 1. The van der Waals surface area contributed by atoms with E-state index in [1.165, 1.54) is 61.6 Å². The molecule has 0 saturated carbocycles. The zero-order valence-electron chi connectivity index (χ0n) is 20.8. The average molecular weight is 477 g/mol. The molecular formula is C29H38N3O3+. The highest BCUT2D eigenvalue weighted by Gasteiger charge is 2.38. The minimum atomic E-state index is -0.209. The molecule has 0 aliphatic carbocycles. The Bertz CT molecular complexity index is 1180. The summed E-state index contributed by atoms with van der Waals surface area (Å²) in [7, 11) is 0. The molecule has 6 heteroatoms. The Hall–Kier alpha value is -2.83. The smallest absolute Gasteiger partial charge is 0.248 e. The first-order valence-electron chi connectivity index (χ1n) is 13.2. The molecule has 6 nitrogen and oxygen atoms in total. The normalized spacial score (nSPS) is 22.4. The number of aromatic hydroxyl groups is 1. The number of benzene rings is 2. The van der Waals surface area contributed by atoms with Crippen molar-refractivity contribution in [2.24, 2.45) is 5.92 Å². The van der Waals surface area contributed by atoms with Gasteiger partial charge < -0.3 is 24.6 Å². The lowest BCUT2D eigenvalue weighted by molar-refractivity contribution is -0.942. The number of phenols is 1. The molecule has 3 aromatic rings. The predicted octanol–water partition coefficient (Wildman–Crippen LogP) is 4.53. The number of hydrogen-bond acceptors (Lipinski definition) is 4. The SMILES string of the molecule is C[C@H](NCCc1ccc(O)c2[nH]c(=O)ccc12)c1ccc(OCCC[N+]23CCC(CC2)CC3)cc1. The van der Waals surface area contributed by atoms with Crippen molar-refractivity contribution in [3.63, 3.8) is 0 Å². The van der Waals surface area contributed by atoms with Crippen LogP contribution in [0.5, 0.6) is 11.5 Å². The first-order valence-corrected chi connectivity index (χ1v) is 13.2. The summed E-state index contributed by atoms with van der Waals surface area (Å²) in [6.45, 7) is 9.16. The third kappa shape index (κ3) is 5.54. The third-order valence-electron chi connectivity index (χ3n) is 8.27. The van der Waals surface area contributed by atoms with Crippen LogP contribution in [-0.4, -0.2) is 53.9 Å². The van der Waals surface area contributed by atoms with Crippen LogP contribution in [0.25, 0.3) is 10.9 Å². The molecule has 3 aliphatic rings. The van der Waals surface area contributed by atoms with Gasteiger partial charge in [0.15, 0.2) is 0 Å². The van der Waals surface area contributed by atoms with Crippen LogP contribution < -0.4 is 15.6 Å². The van der Waals surface area contributed by atoms with Crippen molar-refractivity contribution in [3.05, 3.63) is 70.0 Å². The summed E-state index contributed by atoms with van der Waals surface area (Å²) in [6.07, 6.45) is 6.22. The van der Waals surface area contributed by atoms with E-state index >= 15 is 0 Å². The van der Waals surface area contributed by atoms with Gasteiger partial charge in [0.1, 0.15) is 11.5 Å². The monoisotopic (exact) mass is 476 g/mol. The van der Waals surface area contributed by atoms with Crippen molar-refractivity contribution < 1.29 is 14.3 Å². The summed E-state index contributed by atoms with van der Waals surface area (Å²) < 4.78 is 7.39. The lowest BCUT2D eigenvalue weighted by Gasteiger charge is -2.49. The van der Waals surface area contributed by atoms with Gasteiger partial charge in [0.05, 0.1) is 38.3 Å². The molecule has 2 aromatic carbocycles. The quantitative estimate of drug-likeness (QED) is 0.297. The average Bonchev–Trinajstić information content (AvgIpc) is 2.89. The number of nitrogens with zero attached hydrogens (tertiary/aromatic N) is 1. The van der Waals surface area contributed by atoms with Crippen LogP contribution in [0.1, 0.15) is 49.8 Å². The van der Waals surface area contributed by atoms with Gasteiger partial charge in [-0.15, -0.1) is 0 Å². The fourth-order valence-electron chi connectivity index (χ4n) is 5.97. The second-order valence-corrected chi connectivity index (χ2v) is 10.5. The molecule has 0 spiro atoms. The zero-order chi connectivity index (χ0) is 24.3. The van der Waals surface area contributed by atoms with Gasteiger partial charge in [-0.2, -0.15) is 0 Å². The van der Waals surface area contributed by atoms with Gasteiger partial charge in [-0.1, -0.05) is 18.2 Å². The number of hydrogen-bond donors (Lipinski definition) is 3. The molecule has 35 heavy (non-hydrogen) atoms. The predicted molar refractivity (Wildman–Crippen MR) is 140 cm³/mol. The minimum absolute atomic E-state index is 0.102. The summed E-state index contributed by atoms with van der Waals surface area (Å²) in [5.41, 5.74) is 2.62. The summed E-state index contributed by atoms with van der Waals surface area (Å²) in [5.74, 6) is 2.06. The van der Waals surface area contributed by atoms with Crippen LogP contribution in [-0.2, 0) is 6.42 Å². The Balaban J connectivity index is 1.07. The standard InChI is InChI=1S/C29H37N3O3/c1-21(30-15-11-24-5-9-27(33)29-26(24)8-10-28(34)31-29)23-3-6-25(7-4-23)35-20-2-16-32-17-12-22(13-18-32)14-19-32/h3-10,21-22,30H,2,11-20H2,1H3,(H-,31,33,34)/p+1/t21-,22?,32?/m0/s1. The zero-order valence-corrected chi connectivity index (χ0v) is 20.8. The molecule has 3 saturated heterocycles. The summed E-state index contributed by atoms with van der Waals surface area (Å²) in [6, 6.07) is 15.5. The molecule has 6 rings (SSSR count). The molecule has 3 aliphatic heterocycles. The molecule has 3 N–H and O–H groups in total. The van der Waals surface area contributed by atoms with Crippen molar-refractivity contribution in [1.82, 2.24) is 10.3 Å². The lowest BCUT2D eigenvalue weighted by Crippen LogP contribution is -2.58. The van der Waals surface area contributed by atoms with Crippen LogP contribution in [0.2, 0.25) is 0 Å². The van der Waals surface area contributed by atoms with Gasteiger partial charge >= 0.3 is 0 Å². The van der Waals surface area contributed by atoms with Gasteiger partial charge in [-0.05, 0) is 80.5 Å². The van der Waals surface area contributed by atoms with E-state index in [0.29, 0.717) is 5.52 Å². The summed E-state index contributed by atoms with van der Waals surface area (Å²) in [4.78, 5) is 14.3. The number of piperidine rings is 3. The van der Waals surface area contributed by atoms with E-state index in [2.05, 4.69) is 41.5 Å². The Morgan fingerprint density at radius 3 is 2.54 bits per heavy atom. The van der Waals surface area contributed by atoms with Gasteiger partial charge in [-0.3, -0.25) is 4.79 Å². The number of phenolic OH excluding ortho intramolecular Hbond substituents is 1. The third-order valence-corrected chi connectivity index (χ3v) is 8.27. The summed E-state index contributed by atoms with van der Waals surface area (Å²) >= 11 is 0. The molecule has 186 valence electrons. The van der Waals surface area contributed by atoms with Crippen LogP contribution in [0, 0.1) is 5.92 Å². The number of H-pyrrole nitrogens is 1. The van der Waals surface area contributed by atoms with E-state index in [-0.39, 0.29) is 17.4 Å². The van der Waals surface area contributed by atoms with E-state index in [4.69, 9.17) is 4.74 Å². The van der Waals surface area contributed by atoms with Crippen LogP contribution >= 0.6 is 0 Å². The van der Waals surface area contributed by atoms with Crippen molar-refractivity contribution in [1.29, 1.82) is 0 Å². The first kappa shape index (κ1) is 23.9. The number of rotatable bonds is 10. The number of ether oxygens (including phenoxy) is 1. The van der Waals surface area contributed by atoms with Gasteiger partial charge in [0.25, 0.3) is 0 Å². The van der Waals surface area contributed by atoms with Crippen molar-refractivity contribution in [2.75, 3.05) is 39.3 Å². The van der Waals surface area contributed by atoms with Gasteiger partial charge in [-0.25, -0.2) is 0 Å². The van der Waals surface area contributed by atoms with Crippen molar-refractivity contribution in [3.8, 4) is 11.5 Å². The fourth-order valence-corrected chi connectivity index (χ4v) is 5.97. The fraction of sp³-hybridized carbons (Fsp3) is 0.483. The highest BCUT2D eigenvalue weighted by molar-refractivity contribution is 5.87. The number of quaternary nitrogens is 1. The molecule has 0 unspecified atom stereocenters. The molecule has 1 aromatic heterocycles. The maximum atomic E-state index is 11.6. The molecule has 4 heterocycles. The van der Waals surface area contributed by atoms with Crippen LogP contribution in [0.3, 0.4) is 0 Å². The van der Waals surface area contributed by atoms with E-state index in [9.17, 15) is 9.90 Å². The van der Waals surface area contributed by atoms with Crippen molar-refractivity contribution in [2.45, 2.75) is 45.1 Å². The topological polar surface area (TPSA) is 74.4 Å². The van der Waals surface area contributed by atoms with Crippen LogP contribution in [0.4, 0.5) is 0 Å². The maximum Gasteiger partial charge on any atom is 0.248 e. The molecule has 2 bridgehead atoms. The Morgan fingerprint density at radius 1 is 1.06 bits per heavy atom. The maximum absolute atomic E-state index is 11.6. The minimum Gasteiger partial charge on any atom is -0.506 e. The molecule has 0 radical (unpaired) electrons. The Kier molecular flexibility index (Phi) is 7.12. The highest BCUT2D eigenvalue weighted by Crippen LogP contribution is 2.33. The number of nitrogens with one attached hydrogen (secondary N) is 2.